The van der Waals surface area contributed by atoms with E-state index >= 15 is 0 Å². The predicted molar refractivity (Wildman–Crippen MR) is 60.5 cm³/mol. The van der Waals surface area contributed by atoms with E-state index in [4.69, 9.17) is 21.7 Å². The van der Waals surface area contributed by atoms with Gasteiger partial charge in [0.1, 0.15) is 6.10 Å². The molecule has 6 heteroatoms. The Kier molecular flexibility index (Phi) is 7.15. The summed E-state index contributed by atoms with van der Waals surface area (Å²) < 4.78 is 10.6. The van der Waals surface area contributed by atoms with Gasteiger partial charge in [0, 0.05) is 18.3 Å². The molecule has 0 aliphatic carbocycles. The number of thiocarbonyl (C=S) groups is 1. The molecule has 15 heavy (non-hydrogen) atoms. The molecule has 0 rings (SSSR count). The van der Waals surface area contributed by atoms with Crippen molar-refractivity contribution in [1.82, 2.24) is 0 Å². The van der Waals surface area contributed by atoms with Crippen LogP contribution in [0.4, 0.5) is 0 Å². The van der Waals surface area contributed by atoms with Crippen molar-refractivity contribution in [3.8, 4) is 0 Å². The molecule has 0 aliphatic heterocycles. The molecule has 0 saturated carbocycles. The van der Waals surface area contributed by atoms with Gasteiger partial charge in [-0.25, -0.2) is 0 Å². The van der Waals surface area contributed by atoms with Crippen molar-refractivity contribution < 1.29 is 14.4 Å². The summed E-state index contributed by atoms with van der Waals surface area (Å²) in [5, 5.41) is 10.6. The van der Waals surface area contributed by atoms with Crippen LogP contribution in [0.15, 0.2) is 0 Å². The van der Waals surface area contributed by atoms with Crippen LogP contribution in [0.3, 0.4) is 0 Å². The molecule has 2 atom stereocenters. The van der Waals surface area contributed by atoms with E-state index in [2.05, 4.69) is 0 Å². The topological polar surface area (TPSA) is 61.6 Å². The maximum Gasteiger partial charge on any atom is 0.229 e. The van der Waals surface area contributed by atoms with Crippen molar-refractivity contribution in [3.63, 3.8) is 0 Å². The molecule has 0 heterocycles. The molecule has 0 aromatic heterocycles. The van der Waals surface area contributed by atoms with Crippen LogP contribution >= 0.6 is 12.2 Å². The van der Waals surface area contributed by atoms with Crippen LogP contribution in [-0.4, -0.2) is 28.9 Å². The average Bonchev–Trinajstić information content (AvgIpc) is 2.00. The molecule has 0 radical (unpaired) electrons. The Morgan fingerprint density at radius 2 is 2.20 bits per heavy atom. The highest BCUT2D eigenvalue weighted by Gasteiger charge is 2.17. The minimum Gasteiger partial charge on any atom is -0.459 e. The van der Waals surface area contributed by atoms with E-state index in [1.54, 1.807) is 13.8 Å². The minimum absolute atomic E-state index is 0.222. The zero-order chi connectivity index (χ0) is 11.8. The Hall–Kier alpha value is -0.750. The Labute approximate surface area is 94.9 Å². The van der Waals surface area contributed by atoms with Gasteiger partial charge >= 0.3 is 0 Å². The fraction of sp³-hybridized carbons (Fsp3) is 0.889. The number of ether oxygens (including phenoxy) is 2. The lowest BCUT2D eigenvalue weighted by atomic mass is 10.3. The van der Waals surface area contributed by atoms with Crippen LogP contribution in [0.5, 0.6) is 0 Å². The van der Waals surface area contributed by atoms with Gasteiger partial charge in [-0.3, -0.25) is 10.1 Å². The van der Waals surface area contributed by atoms with Gasteiger partial charge in [-0.1, -0.05) is 13.3 Å². The lowest BCUT2D eigenvalue weighted by molar-refractivity contribution is -0.492. The van der Waals surface area contributed by atoms with Gasteiger partial charge in [-0.05, 0) is 19.1 Å². The normalized spacial score (nSPS) is 14.3. The van der Waals surface area contributed by atoms with Crippen LogP contribution in [0, 0.1) is 10.1 Å². The molecule has 0 saturated heterocycles. The zero-order valence-electron chi connectivity index (χ0n) is 9.26. The number of hydrogen-bond acceptors (Lipinski definition) is 5. The van der Waals surface area contributed by atoms with E-state index in [-0.39, 0.29) is 6.54 Å². The van der Waals surface area contributed by atoms with Gasteiger partial charge in [-0.15, -0.1) is 0 Å². The number of hydrogen-bond donors (Lipinski definition) is 0. The maximum atomic E-state index is 10.2. The second-order valence-corrected chi connectivity index (χ2v) is 3.86. The van der Waals surface area contributed by atoms with E-state index < -0.39 is 17.3 Å². The van der Waals surface area contributed by atoms with Gasteiger partial charge in [0.25, 0.3) is 0 Å². The molecule has 0 aromatic rings. The highest BCUT2D eigenvalue weighted by Crippen LogP contribution is 2.08. The van der Waals surface area contributed by atoms with E-state index in [0.29, 0.717) is 11.5 Å². The number of rotatable bonds is 7. The molecule has 0 fully saturated rings. The Balaban J connectivity index is 4.02. The van der Waals surface area contributed by atoms with Crippen LogP contribution < -0.4 is 0 Å². The molecule has 0 spiro atoms. The first-order valence-corrected chi connectivity index (χ1v) is 5.31. The lowest BCUT2D eigenvalue weighted by Crippen LogP contribution is -2.28. The third-order valence-corrected chi connectivity index (χ3v) is 1.71. The van der Waals surface area contributed by atoms with Gasteiger partial charge in [0.2, 0.25) is 12.8 Å². The summed E-state index contributed by atoms with van der Waals surface area (Å²) >= 11 is 4.79. The number of nitrogens with zero attached hydrogens (tertiary/aromatic N) is 1. The molecule has 88 valence electrons. The van der Waals surface area contributed by atoms with Gasteiger partial charge < -0.3 is 9.47 Å². The lowest BCUT2D eigenvalue weighted by Gasteiger charge is -2.20. The summed E-state index contributed by atoms with van der Waals surface area (Å²) in [5.74, 6) is 0. The van der Waals surface area contributed by atoms with Gasteiger partial charge in [0.05, 0.1) is 0 Å². The van der Waals surface area contributed by atoms with E-state index in [9.17, 15) is 10.1 Å². The fourth-order valence-electron chi connectivity index (χ4n) is 1.09. The van der Waals surface area contributed by atoms with Crippen LogP contribution in [0.1, 0.15) is 33.6 Å². The predicted octanol–water partition coefficient (Wildman–Crippen LogP) is 2.16. The molecular weight excluding hydrogens is 218 g/mol. The van der Waals surface area contributed by atoms with Crippen molar-refractivity contribution >= 4 is 17.3 Å². The minimum atomic E-state index is -0.470. The van der Waals surface area contributed by atoms with Crippen LogP contribution in [-0.2, 0) is 9.47 Å². The van der Waals surface area contributed by atoms with Crippen molar-refractivity contribution in [2.24, 2.45) is 0 Å². The molecule has 0 aliphatic rings. The van der Waals surface area contributed by atoms with Crippen molar-refractivity contribution in [2.45, 2.75) is 46.0 Å². The molecule has 0 bridgehead atoms. The molecule has 0 aromatic carbocycles. The first kappa shape index (κ1) is 14.2. The van der Waals surface area contributed by atoms with Crippen LogP contribution in [0.2, 0.25) is 0 Å². The van der Waals surface area contributed by atoms with E-state index in [1.165, 1.54) is 0 Å². The van der Waals surface area contributed by atoms with Crippen molar-refractivity contribution in [1.29, 1.82) is 0 Å². The summed E-state index contributed by atoms with van der Waals surface area (Å²) in [6.45, 7) is 5.06. The smallest absolute Gasteiger partial charge is 0.229 e. The fourth-order valence-corrected chi connectivity index (χ4v) is 1.19. The molecule has 1 unspecified atom stereocenters. The van der Waals surface area contributed by atoms with Gasteiger partial charge in [0.15, 0.2) is 5.05 Å². The molecule has 0 amide bonds. The summed E-state index contributed by atoms with van der Waals surface area (Å²) in [4.78, 5) is 9.83. The second kappa shape index (κ2) is 7.53. The zero-order valence-corrected chi connectivity index (χ0v) is 10.1. The Morgan fingerprint density at radius 1 is 1.60 bits per heavy atom. The largest absolute Gasteiger partial charge is 0.459 e. The quantitative estimate of drug-likeness (QED) is 0.293. The average molecular weight is 235 g/mol. The van der Waals surface area contributed by atoms with E-state index in [1.807, 2.05) is 6.92 Å². The first-order valence-electron chi connectivity index (χ1n) is 4.90. The van der Waals surface area contributed by atoms with Crippen molar-refractivity contribution in [2.75, 3.05) is 6.54 Å². The van der Waals surface area contributed by atoms with Crippen molar-refractivity contribution in [3.05, 3.63) is 10.1 Å². The third kappa shape index (κ3) is 8.26. The summed E-state index contributed by atoms with van der Waals surface area (Å²) in [5.41, 5.74) is 0. The van der Waals surface area contributed by atoms with E-state index in [0.717, 1.165) is 6.42 Å². The summed E-state index contributed by atoms with van der Waals surface area (Å²) in [6.07, 6.45) is 0.613. The molecule has 0 N–H and O–H groups in total. The standard InChI is InChI=1S/C9H17NO4S/c1-4-5-9(14-8(3)15)13-7(2)6-10(11)12/h7,9H,4-6H2,1-3H3/t7-,9?/m0/s1. The maximum absolute atomic E-state index is 10.2. The molecular formula is C9H17NO4S. The first-order chi connectivity index (χ1) is 6.95. The van der Waals surface area contributed by atoms with Gasteiger partial charge in [-0.2, -0.15) is 0 Å². The highest BCUT2D eigenvalue weighted by atomic mass is 32.1. The SMILES string of the molecule is CCCC(OC(C)=S)O[C@@H](C)C[N+](=O)[O-]. The second-order valence-electron chi connectivity index (χ2n) is 3.29. The Morgan fingerprint density at radius 3 is 2.60 bits per heavy atom. The summed E-state index contributed by atoms with van der Waals surface area (Å²) in [7, 11) is 0. The monoisotopic (exact) mass is 235 g/mol. The Bertz CT molecular complexity index is 222. The summed E-state index contributed by atoms with van der Waals surface area (Å²) in [6, 6.07) is 0. The third-order valence-electron chi connectivity index (χ3n) is 1.61. The molecule has 5 nitrogen and oxygen atoms in total. The number of nitro groups is 1. The highest BCUT2D eigenvalue weighted by molar-refractivity contribution is 7.80. The van der Waals surface area contributed by atoms with Crippen LogP contribution in [0.25, 0.3) is 0 Å².